The largest absolute Gasteiger partial charge is 0.331 e. The molecule has 1 aromatic carbocycles. The Morgan fingerprint density at radius 3 is 2.90 bits per heavy atom. The van der Waals surface area contributed by atoms with Crippen molar-refractivity contribution in [1.29, 1.82) is 0 Å². The Kier molecular flexibility index (Phi) is 3.69. The Morgan fingerprint density at radius 2 is 2.20 bits per heavy atom. The third-order valence-corrected chi connectivity index (χ3v) is 5.43. The molecule has 0 bridgehead atoms. The number of aromatic amines is 1. The van der Waals surface area contributed by atoms with E-state index in [9.17, 15) is 4.39 Å². The highest BCUT2D eigenvalue weighted by Gasteiger charge is 2.30. The molecule has 3 rings (SSSR count). The van der Waals surface area contributed by atoms with Gasteiger partial charge in [-0.25, -0.2) is 4.39 Å². The molecule has 1 saturated carbocycles. The predicted molar refractivity (Wildman–Crippen MR) is 91.1 cm³/mol. The van der Waals surface area contributed by atoms with E-state index in [0.29, 0.717) is 19.8 Å². The van der Waals surface area contributed by atoms with Crippen LogP contribution in [0.2, 0.25) is 0 Å². The van der Waals surface area contributed by atoms with Gasteiger partial charge in [0.1, 0.15) is 5.82 Å². The summed E-state index contributed by atoms with van der Waals surface area (Å²) in [5, 5.41) is 0. The molecule has 1 aromatic heterocycles. The van der Waals surface area contributed by atoms with E-state index in [1.54, 1.807) is 6.07 Å². The molecule has 1 heterocycles. The summed E-state index contributed by atoms with van der Waals surface area (Å²) in [6.07, 6.45) is 4.69. The molecule has 0 radical (unpaired) electrons. The lowest BCUT2D eigenvalue weighted by molar-refractivity contribution is 0.185. The van der Waals surface area contributed by atoms with Gasteiger partial charge in [-0.3, -0.25) is 0 Å². The average molecular weight is 404 g/mol. The molecule has 0 aliphatic heterocycles. The number of rotatable bonds is 1. The van der Waals surface area contributed by atoms with Crippen LogP contribution < -0.4 is 0 Å². The summed E-state index contributed by atoms with van der Waals surface area (Å²) >= 11 is 7.49. The highest BCUT2D eigenvalue weighted by Crippen LogP contribution is 2.42. The Labute approximate surface area is 136 Å². The van der Waals surface area contributed by atoms with Gasteiger partial charge in [0.2, 0.25) is 0 Å². The van der Waals surface area contributed by atoms with E-state index < -0.39 is 0 Å². The first kappa shape index (κ1) is 14.5. The fourth-order valence-corrected chi connectivity index (χ4v) is 4.19. The van der Waals surface area contributed by atoms with E-state index in [1.165, 1.54) is 12.8 Å². The molecule has 1 aliphatic carbocycles. The summed E-state index contributed by atoms with van der Waals surface area (Å²) in [7, 11) is 0. The number of nitrogens with zero attached hydrogens (tertiary/aromatic N) is 1. The van der Waals surface area contributed by atoms with Gasteiger partial charge in [0, 0.05) is 12.1 Å². The number of benzene rings is 1. The van der Waals surface area contributed by atoms with E-state index in [2.05, 4.69) is 23.4 Å². The van der Waals surface area contributed by atoms with E-state index in [1.807, 2.05) is 28.7 Å². The van der Waals surface area contributed by atoms with Crippen LogP contribution in [0.25, 0.3) is 11.0 Å². The van der Waals surface area contributed by atoms with Crippen LogP contribution in [0.4, 0.5) is 4.39 Å². The molecule has 20 heavy (non-hydrogen) atoms. The molecule has 1 N–H and O–H groups in total. The van der Waals surface area contributed by atoms with Gasteiger partial charge < -0.3 is 9.55 Å². The first-order valence-electron chi connectivity index (χ1n) is 6.97. The Bertz CT molecular complexity index is 716. The van der Waals surface area contributed by atoms with Crippen LogP contribution in [0.3, 0.4) is 0 Å². The average Bonchev–Trinajstić information content (AvgIpc) is 2.64. The van der Waals surface area contributed by atoms with E-state index in [4.69, 9.17) is 12.2 Å². The Balaban J connectivity index is 2.13. The van der Waals surface area contributed by atoms with E-state index in [0.717, 1.165) is 23.9 Å². The molecule has 1 unspecified atom stereocenters. The molecule has 1 atom stereocenters. The summed E-state index contributed by atoms with van der Waals surface area (Å²) in [6, 6.07) is 3.83. The van der Waals surface area contributed by atoms with Crippen LogP contribution in [0.1, 0.15) is 45.6 Å². The SMILES string of the molecule is CC1(C)CCCC(n2c(=S)[nH]c3cc(I)c(F)cc32)C1. The van der Waals surface area contributed by atoms with Crippen LogP contribution in [0, 0.1) is 19.6 Å². The number of imidazole rings is 1. The molecule has 0 amide bonds. The predicted octanol–water partition coefficient (Wildman–Crippen LogP) is 5.58. The van der Waals surface area contributed by atoms with Crippen LogP contribution in [0.15, 0.2) is 12.1 Å². The number of H-pyrrole nitrogens is 1. The van der Waals surface area contributed by atoms with Gasteiger partial charge in [-0.15, -0.1) is 0 Å². The van der Waals surface area contributed by atoms with Crippen LogP contribution in [-0.2, 0) is 0 Å². The number of fused-ring (bicyclic) bond motifs is 1. The fourth-order valence-electron chi connectivity index (χ4n) is 3.36. The monoisotopic (exact) mass is 404 g/mol. The maximum Gasteiger partial charge on any atom is 0.178 e. The Morgan fingerprint density at radius 1 is 1.45 bits per heavy atom. The minimum absolute atomic E-state index is 0.170. The van der Waals surface area contributed by atoms with Crippen molar-refractivity contribution in [2.24, 2.45) is 5.41 Å². The van der Waals surface area contributed by atoms with Crippen molar-refractivity contribution in [3.05, 3.63) is 26.3 Å². The van der Waals surface area contributed by atoms with Crippen LogP contribution in [-0.4, -0.2) is 9.55 Å². The van der Waals surface area contributed by atoms with Gasteiger partial charge >= 0.3 is 0 Å². The van der Waals surface area contributed by atoms with E-state index >= 15 is 0 Å². The zero-order chi connectivity index (χ0) is 14.5. The standard InChI is InChI=1S/C15H18FIN2S/c1-15(2)5-3-4-9(8-15)19-13-6-10(16)11(17)7-12(13)18-14(19)20/h6-7,9H,3-5,8H2,1-2H3,(H,18,20). The van der Waals surface area contributed by atoms with Gasteiger partial charge in [-0.2, -0.15) is 0 Å². The number of nitrogens with one attached hydrogen (secondary N) is 1. The molecule has 0 spiro atoms. The fraction of sp³-hybridized carbons (Fsp3) is 0.533. The lowest BCUT2D eigenvalue weighted by atomic mass is 9.75. The number of hydrogen-bond acceptors (Lipinski definition) is 1. The number of aromatic nitrogens is 2. The van der Waals surface area contributed by atoms with Gasteiger partial charge in [-0.05, 0) is 65.6 Å². The normalized spacial score (nSPS) is 22.3. The zero-order valence-electron chi connectivity index (χ0n) is 11.7. The summed E-state index contributed by atoms with van der Waals surface area (Å²) < 4.78 is 17.4. The molecule has 108 valence electrons. The highest BCUT2D eigenvalue weighted by atomic mass is 127. The molecule has 0 saturated heterocycles. The van der Waals surface area contributed by atoms with Crippen molar-refractivity contribution in [2.75, 3.05) is 0 Å². The highest BCUT2D eigenvalue weighted by molar-refractivity contribution is 14.1. The number of halogens is 2. The van der Waals surface area contributed by atoms with Crippen LogP contribution >= 0.6 is 34.8 Å². The maximum absolute atomic E-state index is 13.9. The van der Waals surface area contributed by atoms with Crippen molar-refractivity contribution >= 4 is 45.8 Å². The molecular weight excluding hydrogens is 386 g/mol. The first-order chi connectivity index (χ1) is 9.37. The quantitative estimate of drug-likeness (QED) is 0.486. The van der Waals surface area contributed by atoms with Gasteiger partial charge in [0.05, 0.1) is 14.6 Å². The second-order valence-electron chi connectivity index (χ2n) is 6.50. The van der Waals surface area contributed by atoms with Gasteiger partial charge in [-0.1, -0.05) is 20.3 Å². The van der Waals surface area contributed by atoms with E-state index in [-0.39, 0.29) is 5.82 Å². The number of hydrogen-bond donors (Lipinski definition) is 1. The third kappa shape index (κ3) is 2.54. The minimum Gasteiger partial charge on any atom is -0.331 e. The smallest absolute Gasteiger partial charge is 0.178 e. The topological polar surface area (TPSA) is 20.7 Å². The van der Waals surface area contributed by atoms with Crippen molar-refractivity contribution in [3.63, 3.8) is 0 Å². The second-order valence-corrected chi connectivity index (χ2v) is 8.05. The van der Waals surface area contributed by atoms with Crippen molar-refractivity contribution in [2.45, 2.75) is 45.6 Å². The summed E-state index contributed by atoms with van der Waals surface area (Å²) in [6.45, 7) is 4.61. The van der Waals surface area contributed by atoms with Crippen LogP contribution in [0.5, 0.6) is 0 Å². The molecule has 5 heteroatoms. The molecular formula is C15H18FIN2S. The molecule has 2 nitrogen and oxygen atoms in total. The van der Waals surface area contributed by atoms with Crippen molar-refractivity contribution in [3.8, 4) is 0 Å². The summed E-state index contributed by atoms with van der Waals surface area (Å²) in [5.74, 6) is -0.170. The second kappa shape index (κ2) is 5.09. The van der Waals surface area contributed by atoms with Gasteiger partial charge in [0.15, 0.2) is 4.77 Å². The lowest BCUT2D eigenvalue weighted by Crippen LogP contribution is -2.25. The zero-order valence-corrected chi connectivity index (χ0v) is 14.6. The van der Waals surface area contributed by atoms with Crippen molar-refractivity contribution in [1.82, 2.24) is 9.55 Å². The Hall–Kier alpha value is -0.430. The summed E-state index contributed by atoms with van der Waals surface area (Å²) in [4.78, 5) is 3.23. The van der Waals surface area contributed by atoms with Crippen molar-refractivity contribution < 1.29 is 4.39 Å². The molecule has 2 aromatic rings. The van der Waals surface area contributed by atoms with Gasteiger partial charge in [0.25, 0.3) is 0 Å². The molecule has 1 aliphatic rings. The maximum atomic E-state index is 13.9. The molecule has 1 fully saturated rings. The first-order valence-corrected chi connectivity index (χ1v) is 8.45. The third-order valence-electron chi connectivity index (χ3n) is 4.30. The lowest BCUT2D eigenvalue weighted by Gasteiger charge is -2.36. The minimum atomic E-state index is -0.170. The summed E-state index contributed by atoms with van der Waals surface area (Å²) in [5.41, 5.74) is 2.17.